The molecule has 1 aliphatic rings. The number of hydrogen-bond acceptors (Lipinski definition) is 5. The summed E-state index contributed by atoms with van der Waals surface area (Å²) in [4.78, 5) is 36.6. The van der Waals surface area contributed by atoms with Crippen LogP contribution in [0.2, 0.25) is 5.02 Å². The number of amides is 2. The number of nitrogens with zero attached hydrogens (tertiary/aromatic N) is 1. The summed E-state index contributed by atoms with van der Waals surface area (Å²) in [6.45, 7) is 0. The second-order valence-electron chi connectivity index (χ2n) is 5.10. The van der Waals surface area contributed by atoms with E-state index in [9.17, 15) is 19.5 Å². The number of rotatable bonds is 4. The molecule has 0 radical (unpaired) electrons. The molecule has 1 N–H and O–H groups in total. The Morgan fingerprint density at radius 1 is 1.00 bits per heavy atom. The van der Waals surface area contributed by atoms with Crippen LogP contribution in [0.1, 0.15) is 10.4 Å². The molecule has 0 aliphatic carbocycles. The molecule has 0 unspecified atom stereocenters. The second-order valence-corrected chi connectivity index (χ2v) is 5.92. The first-order valence-corrected chi connectivity index (χ1v) is 7.76. The standard InChI is InChI=1S/C17H10Cl2N2O4/c18-10-2-1-3-12(8-10)21-15(22)13(19)14(16(21)23)20-11-6-4-9(5-7-11)17(24)25/h1-8,20H,(H,24,25)/p-1. The number of halogens is 2. The SMILES string of the molecule is O=C([O-])c1ccc(NC2=C(Cl)C(=O)N(c3cccc(Cl)c3)C2=O)cc1. The molecule has 2 aromatic rings. The van der Waals surface area contributed by atoms with Gasteiger partial charge in [-0.15, -0.1) is 0 Å². The summed E-state index contributed by atoms with van der Waals surface area (Å²) in [5.41, 5.74) is 0.574. The molecular weight excluding hydrogens is 367 g/mol. The summed E-state index contributed by atoms with van der Waals surface area (Å²) >= 11 is 11.9. The number of carbonyl (C=O) groups is 3. The molecule has 2 amide bonds. The third kappa shape index (κ3) is 3.22. The van der Waals surface area contributed by atoms with Crippen LogP contribution >= 0.6 is 23.2 Å². The number of hydrogen-bond donors (Lipinski definition) is 1. The van der Waals surface area contributed by atoms with Gasteiger partial charge in [0, 0.05) is 10.7 Å². The molecule has 1 heterocycles. The van der Waals surface area contributed by atoms with Gasteiger partial charge in [0.05, 0.1) is 11.7 Å². The lowest BCUT2D eigenvalue weighted by molar-refractivity contribution is -0.255. The number of carbonyl (C=O) groups excluding carboxylic acids is 3. The van der Waals surface area contributed by atoms with Gasteiger partial charge in [0.2, 0.25) is 0 Å². The lowest BCUT2D eigenvalue weighted by Gasteiger charge is -2.15. The van der Waals surface area contributed by atoms with Crippen LogP contribution in [0.25, 0.3) is 0 Å². The fourth-order valence-corrected chi connectivity index (χ4v) is 2.69. The van der Waals surface area contributed by atoms with Crippen molar-refractivity contribution in [2.75, 3.05) is 10.2 Å². The number of benzene rings is 2. The van der Waals surface area contributed by atoms with E-state index in [1.54, 1.807) is 18.2 Å². The number of carboxylic acid groups (broad SMARTS) is 1. The van der Waals surface area contributed by atoms with Crippen molar-refractivity contribution in [1.29, 1.82) is 0 Å². The minimum absolute atomic E-state index is 0.0139. The minimum Gasteiger partial charge on any atom is -0.545 e. The number of aromatic carboxylic acids is 1. The van der Waals surface area contributed by atoms with E-state index in [-0.39, 0.29) is 16.3 Å². The molecule has 126 valence electrons. The summed E-state index contributed by atoms with van der Waals surface area (Å²) in [6.07, 6.45) is 0. The highest BCUT2D eigenvalue weighted by Crippen LogP contribution is 2.31. The monoisotopic (exact) mass is 375 g/mol. The topological polar surface area (TPSA) is 89.5 Å². The molecule has 3 rings (SSSR count). The number of imide groups is 1. The van der Waals surface area contributed by atoms with Crippen LogP contribution in [-0.4, -0.2) is 17.8 Å². The Morgan fingerprint density at radius 3 is 2.28 bits per heavy atom. The van der Waals surface area contributed by atoms with Gasteiger partial charge in [-0.05, 0) is 35.9 Å². The molecule has 0 atom stereocenters. The molecule has 0 bridgehead atoms. The van der Waals surface area contributed by atoms with Gasteiger partial charge >= 0.3 is 0 Å². The van der Waals surface area contributed by atoms with Crippen molar-refractivity contribution in [2.24, 2.45) is 0 Å². The highest BCUT2D eigenvalue weighted by Gasteiger charge is 2.38. The highest BCUT2D eigenvalue weighted by atomic mass is 35.5. The molecule has 2 aromatic carbocycles. The van der Waals surface area contributed by atoms with Crippen molar-refractivity contribution in [1.82, 2.24) is 0 Å². The third-order valence-electron chi connectivity index (χ3n) is 3.48. The molecule has 0 saturated heterocycles. The van der Waals surface area contributed by atoms with Gasteiger partial charge in [0.25, 0.3) is 11.8 Å². The van der Waals surface area contributed by atoms with Gasteiger partial charge in [0.15, 0.2) is 0 Å². The largest absolute Gasteiger partial charge is 0.545 e. The zero-order valence-corrected chi connectivity index (χ0v) is 14.0. The van der Waals surface area contributed by atoms with Gasteiger partial charge in [-0.2, -0.15) is 0 Å². The Hall–Kier alpha value is -2.83. The Bertz CT molecular complexity index is 923. The number of carboxylic acids is 1. The van der Waals surface area contributed by atoms with Crippen LogP contribution in [0.5, 0.6) is 0 Å². The summed E-state index contributed by atoms with van der Waals surface area (Å²) in [5.74, 6) is -2.63. The van der Waals surface area contributed by atoms with E-state index in [1.165, 1.54) is 30.3 Å². The van der Waals surface area contributed by atoms with Crippen LogP contribution in [0.3, 0.4) is 0 Å². The molecule has 0 aromatic heterocycles. The van der Waals surface area contributed by atoms with Crippen molar-refractivity contribution in [3.8, 4) is 0 Å². The van der Waals surface area contributed by atoms with Crippen molar-refractivity contribution in [2.45, 2.75) is 0 Å². The molecular formula is C17H9Cl2N2O4-. The van der Waals surface area contributed by atoms with E-state index in [4.69, 9.17) is 23.2 Å². The quantitative estimate of drug-likeness (QED) is 0.826. The average molecular weight is 376 g/mol. The van der Waals surface area contributed by atoms with Gasteiger partial charge in [-0.1, -0.05) is 41.4 Å². The number of anilines is 2. The Kier molecular flexibility index (Phi) is 4.48. The smallest absolute Gasteiger partial charge is 0.283 e. The molecule has 0 fully saturated rings. The molecule has 0 spiro atoms. The fourth-order valence-electron chi connectivity index (χ4n) is 2.30. The Labute approximate surface area is 152 Å². The van der Waals surface area contributed by atoms with E-state index in [2.05, 4.69) is 5.32 Å². The van der Waals surface area contributed by atoms with E-state index in [1.807, 2.05) is 0 Å². The zero-order chi connectivity index (χ0) is 18.1. The fraction of sp³-hybridized carbons (Fsp3) is 0. The first kappa shape index (κ1) is 17.0. The summed E-state index contributed by atoms with van der Waals surface area (Å²) in [7, 11) is 0. The van der Waals surface area contributed by atoms with Crippen LogP contribution in [-0.2, 0) is 9.59 Å². The predicted octanol–water partition coefficient (Wildman–Crippen LogP) is 2.14. The van der Waals surface area contributed by atoms with Gasteiger partial charge in [-0.25, -0.2) is 4.90 Å². The van der Waals surface area contributed by atoms with Crippen molar-refractivity contribution in [3.05, 3.63) is 69.8 Å². The first-order valence-electron chi connectivity index (χ1n) is 7.01. The molecule has 8 heteroatoms. The van der Waals surface area contributed by atoms with Gasteiger partial charge < -0.3 is 15.2 Å². The lowest BCUT2D eigenvalue weighted by Crippen LogP contribution is -2.32. The van der Waals surface area contributed by atoms with Gasteiger partial charge in [0.1, 0.15) is 10.7 Å². The van der Waals surface area contributed by atoms with Crippen molar-refractivity contribution in [3.63, 3.8) is 0 Å². The molecule has 0 saturated carbocycles. The second kappa shape index (κ2) is 6.58. The normalized spacial score (nSPS) is 14.2. The third-order valence-corrected chi connectivity index (χ3v) is 4.07. The van der Waals surface area contributed by atoms with E-state index in [0.717, 1.165) is 4.90 Å². The lowest BCUT2D eigenvalue weighted by atomic mass is 10.2. The van der Waals surface area contributed by atoms with Crippen molar-refractivity contribution >= 4 is 52.4 Å². The Morgan fingerprint density at radius 2 is 1.68 bits per heavy atom. The maximum absolute atomic E-state index is 12.6. The molecule has 6 nitrogen and oxygen atoms in total. The van der Waals surface area contributed by atoms with E-state index < -0.39 is 17.8 Å². The van der Waals surface area contributed by atoms with Crippen molar-refractivity contribution < 1.29 is 19.5 Å². The number of nitrogens with one attached hydrogen (secondary N) is 1. The van der Waals surface area contributed by atoms with Gasteiger partial charge in [-0.3, -0.25) is 9.59 Å². The molecule has 25 heavy (non-hydrogen) atoms. The van der Waals surface area contributed by atoms with Crippen LogP contribution in [0.15, 0.2) is 59.3 Å². The van der Waals surface area contributed by atoms with E-state index in [0.29, 0.717) is 16.4 Å². The van der Waals surface area contributed by atoms with Crippen LogP contribution in [0.4, 0.5) is 11.4 Å². The van der Waals surface area contributed by atoms with Crippen LogP contribution in [0, 0.1) is 0 Å². The summed E-state index contributed by atoms with van der Waals surface area (Å²) in [6, 6.07) is 11.7. The summed E-state index contributed by atoms with van der Waals surface area (Å²) < 4.78 is 0. The molecule has 1 aliphatic heterocycles. The first-order chi connectivity index (χ1) is 11.9. The summed E-state index contributed by atoms with van der Waals surface area (Å²) in [5, 5.41) is 13.6. The predicted molar refractivity (Wildman–Crippen MR) is 91.2 cm³/mol. The maximum atomic E-state index is 12.6. The van der Waals surface area contributed by atoms with Crippen LogP contribution < -0.4 is 15.3 Å². The average Bonchev–Trinajstić information content (AvgIpc) is 2.79. The minimum atomic E-state index is -1.32. The van der Waals surface area contributed by atoms with E-state index >= 15 is 0 Å². The zero-order valence-electron chi connectivity index (χ0n) is 12.5. The maximum Gasteiger partial charge on any atom is 0.283 e. The highest BCUT2D eigenvalue weighted by molar-refractivity contribution is 6.53. The Balaban J connectivity index is 1.88.